The van der Waals surface area contributed by atoms with Gasteiger partial charge >= 0.3 is 35.8 Å². The number of carbonyl (C=O) groups excluding carboxylic acids is 6. The van der Waals surface area contributed by atoms with Gasteiger partial charge in [0.1, 0.15) is 23.9 Å². The Morgan fingerprint density at radius 1 is 0.712 bits per heavy atom. The standard InChI is InChI=1S/C34H43N2O15S/c1-18-27(45-19(2)37)29(46-20(3)38)31(48-22(5)40)33(44-18)43-16-25-28(51-26(42)15-36-14-13-35(7)17-36)30(47-21(4)39)32(49-23(6)41)34(50-25)52-24-11-9-8-10-12-24/h8-14,17-18,25,27-34H,15-16H2,1-7H3/q+1/t18-,25-,27+,28-,29+,30+,31-,32-,33-,34+/m1/s1. The first-order valence-electron chi connectivity index (χ1n) is 16.3. The third-order valence-corrected chi connectivity index (χ3v) is 8.81. The highest BCUT2D eigenvalue weighted by molar-refractivity contribution is 7.99. The largest absolute Gasteiger partial charge is 0.456 e. The van der Waals surface area contributed by atoms with Crippen LogP contribution in [0.1, 0.15) is 41.5 Å². The van der Waals surface area contributed by atoms with Crippen molar-refractivity contribution in [3.05, 3.63) is 49.1 Å². The Hall–Kier alpha value is -4.52. The van der Waals surface area contributed by atoms with E-state index in [-0.39, 0.29) is 6.54 Å². The van der Waals surface area contributed by atoms with Gasteiger partial charge in [-0.15, -0.1) is 0 Å². The molecule has 0 aliphatic carbocycles. The summed E-state index contributed by atoms with van der Waals surface area (Å²) in [6, 6.07) is 8.99. The van der Waals surface area contributed by atoms with Gasteiger partial charge in [0, 0.05) is 39.5 Å². The summed E-state index contributed by atoms with van der Waals surface area (Å²) < 4.78 is 55.5. The molecule has 0 bridgehead atoms. The van der Waals surface area contributed by atoms with Crippen molar-refractivity contribution in [2.24, 2.45) is 7.05 Å². The number of aromatic nitrogens is 2. The normalized spacial score (nSPS) is 28.5. The van der Waals surface area contributed by atoms with Crippen molar-refractivity contribution in [1.82, 2.24) is 4.57 Å². The third kappa shape index (κ3) is 11.2. The van der Waals surface area contributed by atoms with Crippen LogP contribution in [0.5, 0.6) is 0 Å². The molecule has 0 N–H and O–H groups in total. The smallest absolute Gasteiger partial charge is 0.349 e. The number of aryl methyl sites for hydroxylation is 1. The minimum absolute atomic E-state index is 0.239. The minimum Gasteiger partial charge on any atom is -0.456 e. The second-order valence-corrected chi connectivity index (χ2v) is 13.3. The molecule has 10 atom stereocenters. The van der Waals surface area contributed by atoms with Crippen molar-refractivity contribution in [3.63, 3.8) is 0 Å². The van der Waals surface area contributed by atoms with Gasteiger partial charge in [-0.25, -0.2) is 13.9 Å². The van der Waals surface area contributed by atoms with Gasteiger partial charge in [0.15, 0.2) is 49.5 Å². The highest BCUT2D eigenvalue weighted by Gasteiger charge is 2.55. The van der Waals surface area contributed by atoms with Crippen molar-refractivity contribution in [1.29, 1.82) is 0 Å². The molecule has 0 amide bonds. The number of carbonyl (C=O) groups is 6. The van der Waals surface area contributed by atoms with E-state index in [0.717, 1.165) is 39.5 Å². The molecule has 2 saturated heterocycles. The molecule has 2 aliphatic rings. The van der Waals surface area contributed by atoms with Crippen LogP contribution >= 0.6 is 11.8 Å². The first-order valence-corrected chi connectivity index (χ1v) is 17.2. The molecule has 2 fully saturated rings. The average molecular weight is 752 g/mol. The van der Waals surface area contributed by atoms with Gasteiger partial charge < -0.3 is 42.6 Å². The summed E-state index contributed by atoms with van der Waals surface area (Å²) in [6.45, 7) is 6.59. The van der Waals surface area contributed by atoms with Crippen LogP contribution in [0.4, 0.5) is 0 Å². The van der Waals surface area contributed by atoms with E-state index in [1.54, 1.807) is 66.1 Å². The lowest BCUT2D eigenvalue weighted by molar-refractivity contribution is -0.671. The van der Waals surface area contributed by atoms with E-state index in [9.17, 15) is 28.8 Å². The Morgan fingerprint density at radius 2 is 1.25 bits per heavy atom. The van der Waals surface area contributed by atoms with Gasteiger partial charge in [0.05, 0.1) is 19.8 Å². The summed E-state index contributed by atoms with van der Waals surface area (Å²) in [6.07, 6.45) is -6.59. The van der Waals surface area contributed by atoms with Gasteiger partial charge in [0.2, 0.25) is 6.33 Å². The topological polar surface area (TPSA) is 194 Å². The van der Waals surface area contributed by atoms with Crippen LogP contribution in [0.15, 0.2) is 53.9 Å². The van der Waals surface area contributed by atoms with Crippen molar-refractivity contribution in [3.8, 4) is 0 Å². The van der Waals surface area contributed by atoms with Crippen LogP contribution in [0, 0.1) is 0 Å². The number of nitrogens with zero attached hydrogens (tertiary/aromatic N) is 2. The van der Waals surface area contributed by atoms with Gasteiger partial charge in [0.25, 0.3) is 0 Å². The lowest BCUT2D eigenvalue weighted by atomic mass is 9.98. The number of hydrogen-bond acceptors (Lipinski definition) is 16. The Bertz CT molecular complexity index is 1590. The maximum atomic E-state index is 13.4. The molecule has 1 aromatic heterocycles. The summed E-state index contributed by atoms with van der Waals surface area (Å²) in [5.74, 6) is -4.46. The number of hydrogen-bond donors (Lipinski definition) is 0. The fourth-order valence-electron chi connectivity index (χ4n) is 5.75. The van der Waals surface area contributed by atoms with E-state index in [1.165, 1.54) is 6.92 Å². The molecule has 0 unspecified atom stereocenters. The Balaban J connectivity index is 1.71. The predicted octanol–water partition coefficient (Wildman–Crippen LogP) is 1.16. The van der Waals surface area contributed by atoms with Crippen LogP contribution in [-0.2, 0) is 85.0 Å². The van der Waals surface area contributed by atoms with Crippen LogP contribution < -0.4 is 4.57 Å². The summed E-state index contributed by atoms with van der Waals surface area (Å²) in [5, 5.41) is 0. The zero-order valence-electron chi connectivity index (χ0n) is 29.7. The number of esters is 6. The SMILES string of the molecule is CC(=O)O[C@@H]1[C@@H](OC(C)=O)[C@H](Sc2ccccc2)O[C@H](CO[C@@H]2O[C@H](C)[C@H](OC(C)=O)[C@H](OC(C)=O)[C@H]2OC(C)=O)[C@H]1OC(=O)Cn1cc[n+](C)c1. The molecule has 17 nitrogen and oxygen atoms in total. The number of thioether (sulfide) groups is 1. The van der Waals surface area contributed by atoms with Crippen molar-refractivity contribution in [2.75, 3.05) is 6.61 Å². The maximum Gasteiger partial charge on any atom is 0.349 e. The van der Waals surface area contributed by atoms with E-state index in [4.69, 9.17) is 42.6 Å². The second-order valence-electron chi connectivity index (χ2n) is 12.1. The molecule has 2 aromatic rings. The summed E-state index contributed by atoms with van der Waals surface area (Å²) >= 11 is 1.16. The van der Waals surface area contributed by atoms with Gasteiger partial charge in [-0.1, -0.05) is 30.0 Å². The highest BCUT2D eigenvalue weighted by Crippen LogP contribution is 2.38. The molecular formula is C34H43N2O15S+. The lowest BCUT2D eigenvalue weighted by Gasteiger charge is -2.46. The summed E-state index contributed by atoms with van der Waals surface area (Å²) in [5.41, 5.74) is -1.03. The molecule has 0 saturated carbocycles. The third-order valence-electron chi connectivity index (χ3n) is 7.65. The molecule has 3 heterocycles. The van der Waals surface area contributed by atoms with Crippen LogP contribution in [0.25, 0.3) is 0 Å². The molecule has 0 spiro atoms. The maximum absolute atomic E-state index is 13.4. The van der Waals surface area contributed by atoms with Crippen molar-refractivity contribution in [2.45, 2.75) is 114 Å². The quantitative estimate of drug-likeness (QED) is 0.161. The number of imidazole rings is 1. The van der Waals surface area contributed by atoms with Crippen LogP contribution in [0.3, 0.4) is 0 Å². The van der Waals surface area contributed by atoms with E-state index in [0.29, 0.717) is 4.90 Å². The van der Waals surface area contributed by atoms with E-state index >= 15 is 0 Å². The zero-order chi connectivity index (χ0) is 38.1. The second kappa shape index (κ2) is 18.3. The molecule has 0 radical (unpaired) electrons. The van der Waals surface area contributed by atoms with E-state index < -0.39 is 103 Å². The average Bonchev–Trinajstić information content (AvgIpc) is 3.45. The molecule has 18 heteroatoms. The first kappa shape index (κ1) is 40.3. The molecular weight excluding hydrogens is 708 g/mol. The van der Waals surface area contributed by atoms with E-state index in [2.05, 4.69) is 0 Å². The molecule has 1 aromatic carbocycles. The summed E-state index contributed by atoms with van der Waals surface area (Å²) in [4.78, 5) is 75.4. The molecule has 52 heavy (non-hydrogen) atoms. The molecule has 284 valence electrons. The Morgan fingerprint density at radius 3 is 1.81 bits per heavy atom. The lowest BCUT2D eigenvalue weighted by Crippen LogP contribution is -2.63. The number of benzene rings is 1. The van der Waals surface area contributed by atoms with Gasteiger partial charge in [-0.2, -0.15) is 0 Å². The number of ether oxygens (including phenoxy) is 9. The monoisotopic (exact) mass is 751 g/mol. The Kier molecular flexibility index (Phi) is 14.2. The van der Waals surface area contributed by atoms with E-state index in [1.807, 2.05) is 6.07 Å². The van der Waals surface area contributed by atoms with Crippen molar-refractivity contribution < 1.29 is 76.0 Å². The zero-order valence-corrected chi connectivity index (χ0v) is 30.5. The fourth-order valence-corrected chi connectivity index (χ4v) is 6.88. The minimum atomic E-state index is -1.44. The summed E-state index contributed by atoms with van der Waals surface area (Å²) in [7, 11) is 1.77. The van der Waals surface area contributed by atoms with Crippen LogP contribution in [-0.4, -0.2) is 108 Å². The van der Waals surface area contributed by atoms with Gasteiger partial charge in [-0.3, -0.25) is 24.0 Å². The highest BCUT2D eigenvalue weighted by atomic mass is 32.2. The van der Waals surface area contributed by atoms with Crippen LogP contribution in [0.2, 0.25) is 0 Å². The molecule has 2 aliphatic heterocycles. The number of rotatable bonds is 13. The van der Waals surface area contributed by atoms with Crippen molar-refractivity contribution >= 4 is 47.6 Å². The molecule has 4 rings (SSSR count). The van der Waals surface area contributed by atoms with Gasteiger partial charge in [-0.05, 0) is 19.1 Å². The Labute approximate surface area is 304 Å². The predicted molar refractivity (Wildman–Crippen MR) is 175 cm³/mol. The fraction of sp³-hybridized carbons (Fsp3) is 0.559. The first-order chi connectivity index (χ1) is 24.6.